The second-order valence-electron chi connectivity index (χ2n) is 22.7. The maximum atomic E-state index is 14.6. The molecular formula is C57H70F2N9O12PS. The van der Waals surface area contributed by atoms with Gasteiger partial charge in [0.15, 0.2) is 0 Å². The summed E-state index contributed by atoms with van der Waals surface area (Å²) >= 11 is 0.933. The van der Waals surface area contributed by atoms with Gasteiger partial charge < -0.3 is 51.1 Å². The van der Waals surface area contributed by atoms with Gasteiger partial charge in [-0.05, 0) is 137 Å². The Bertz CT molecular complexity index is 3130. The zero-order valence-corrected chi connectivity index (χ0v) is 47.4. The lowest BCUT2D eigenvalue weighted by atomic mass is 9.82. The van der Waals surface area contributed by atoms with E-state index in [0.29, 0.717) is 67.9 Å². The second-order valence-corrected chi connectivity index (χ2v) is 25.4. The Morgan fingerprint density at radius 2 is 1.68 bits per heavy atom. The summed E-state index contributed by atoms with van der Waals surface area (Å²) in [7, 11) is -4.07. The minimum atomic E-state index is -5.86. The van der Waals surface area contributed by atoms with E-state index in [0.717, 1.165) is 79.5 Å². The van der Waals surface area contributed by atoms with Crippen LogP contribution in [0.1, 0.15) is 146 Å². The maximum absolute atomic E-state index is 14.6. The lowest BCUT2D eigenvalue weighted by molar-refractivity contribution is -0.144. The fourth-order valence-electron chi connectivity index (χ4n) is 12.5. The monoisotopic (exact) mass is 1170 g/mol. The van der Waals surface area contributed by atoms with E-state index in [2.05, 4.69) is 33.1 Å². The summed E-state index contributed by atoms with van der Waals surface area (Å²) in [5, 5.41) is 11.0. The molecule has 4 saturated heterocycles. The summed E-state index contributed by atoms with van der Waals surface area (Å²) in [5.41, 5.74) is 2.19. The first-order chi connectivity index (χ1) is 39.1. The minimum Gasteiger partial charge on any atom is -0.370 e. The number of carbonyl (C=O) groups excluding carboxylic acids is 9. The zero-order valence-electron chi connectivity index (χ0n) is 45.7. The molecule has 0 radical (unpaired) electrons. The molecule has 1 aliphatic carbocycles. The number of carbonyl (C=O) groups is 9. The number of fused-ring (bicyclic) bond motifs is 3. The Hall–Kier alpha value is -6.64. The van der Waals surface area contributed by atoms with E-state index >= 15 is 0 Å². The first-order valence-electron chi connectivity index (χ1n) is 28.3. The Morgan fingerprint density at radius 1 is 0.927 bits per heavy atom. The van der Waals surface area contributed by atoms with Crippen molar-refractivity contribution in [2.45, 2.75) is 158 Å². The Labute approximate surface area is 477 Å². The van der Waals surface area contributed by atoms with Crippen molar-refractivity contribution in [3.63, 3.8) is 0 Å². The van der Waals surface area contributed by atoms with Crippen LogP contribution < -0.4 is 27.0 Å². The number of thiophene rings is 1. The number of hydrogen-bond donors (Lipinski definition) is 7. The van der Waals surface area contributed by atoms with Gasteiger partial charge in [0.1, 0.15) is 30.2 Å². The third-order valence-corrected chi connectivity index (χ3v) is 19.2. The van der Waals surface area contributed by atoms with Gasteiger partial charge in [-0.25, -0.2) is 0 Å². The van der Waals surface area contributed by atoms with Gasteiger partial charge in [-0.1, -0.05) is 43.2 Å². The molecule has 0 bridgehead atoms. The zero-order chi connectivity index (χ0) is 58.6. The number of nitrogens with zero attached hydrogens (tertiary/aromatic N) is 4. The summed E-state index contributed by atoms with van der Waals surface area (Å²) in [4.78, 5) is 147. The summed E-state index contributed by atoms with van der Waals surface area (Å²) < 4.78 is 41.1. The lowest BCUT2D eigenvalue weighted by Crippen LogP contribution is -2.62. The Morgan fingerprint density at radius 3 is 2.40 bits per heavy atom. The molecule has 5 aliphatic heterocycles. The number of benzene rings is 2. The van der Waals surface area contributed by atoms with E-state index in [4.69, 9.17) is 5.73 Å². The molecule has 1 unspecified atom stereocenters. The minimum absolute atomic E-state index is 0.0436. The van der Waals surface area contributed by atoms with Crippen LogP contribution in [0.3, 0.4) is 0 Å². The van der Waals surface area contributed by atoms with Gasteiger partial charge in [-0.2, -0.15) is 8.78 Å². The molecule has 9 amide bonds. The van der Waals surface area contributed by atoms with Crippen molar-refractivity contribution in [3.05, 3.63) is 69.6 Å². The fraction of sp³-hybridized carbons (Fsp3) is 0.561. The summed E-state index contributed by atoms with van der Waals surface area (Å²) in [5.74, 6) is 2.11. The van der Waals surface area contributed by atoms with Crippen LogP contribution in [0, 0.1) is 23.7 Å². The van der Waals surface area contributed by atoms with Crippen LogP contribution in [0.25, 0.3) is 10.1 Å². The van der Waals surface area contributed by atoms with Crippen molar-refractivity contribution < 1.29 is 66.3 Å². The quantitative estimate of drug-likeness (QED) is 0.0437. The van der Waals surface area contributed by atoms with Crippen LogP contribution in [0.4, 0.5) is 8.78 Å². The highest BCUT2D eigenvalue weighted by Gasteiger charge is 2.51. The molecule has 3 aromatic rings. The molecule has 9 rings (SSSR count). The van der Waals surface area contributed by atoms with Crippen molar-refractivity contribution in [1.82, 2.24) is 40.9 Å². The van der Waals surface area contributed by atoms with Crippen molar-refractivity contribution >= 4 is 82.2 Å². The van der Waals surface area contributed by atoms with Crippen LogP contribution in [0.15, 0.2) is 42.5 Å². The van der Waals surface area contributed by atoms with Crippen LogP contribution in [-0.4, -0.2) is 152 Å². The summed E-state index contributed by atoms with van der Waals surface area (Å²) in [6, 6.07) is 4.12. The van der Waals surface area contributed by atoms with E-state index in [9.17, 15) is 66.3 Å². The number of nitrogens with one attached hydrogen (secondary N) is 4. The van der Waals surface area contributed by atoms with Gasteiger partial charge in [0.25, 0.3) is 11.8 Å². The summed E-state index contributed by atoms with van der Waals surface area (Å²) in [6.07, 6.45) is 9.18. The van der Waals surface area contributed by atoms with Crippen LogP contribution in [0.5, 0.6) is 0 Å². The number of likely N-dealkylation sites (tertiary alicyclic amines) is 1. The average molecular weight is 1170 g/mol. The molecule has 6 heterocycles. The van der Waals surface area contributed by atoms with Crippen molar-refractivity contribution in [1.29, 1.82) is 0 Å². The number of nitrogens with two attached hydrogens (primary N) is 1. The first-order valence-corrected chi connectivity index (χ1v) is 30.7. The van der Waals surface area contributed by atoms with Crippen LogP contribution in [-0.2, 0) is 50.3 Å². The summed E-state index contributed by atoms with van der Waals surface area (Å²) in [6.45, 7) is 1.77. The number of piperidine rings is 2. The van der Waals surface area contributed by atoms with Gasteiger partial charge in [0.05, 0.1) is 4.88 Å². The molecule has 6 atom stereocenters. The number of halogens is 2. The molecule has 5 fully saturated rings. The van der Waals surface area contributed by atoms with E-state index in [1.807, 2.05) is 11.0 Å². The molecule has 25 heteroatoms. The molecule has 6 aliphatic rings. The van der Waals surface area contributed by atoms with Gasteiger partial charge in [0.2, 0.25) is 41.4 Å². The topological polar surface area (TPSA) is 298 Å². The molecule has 82 heavy (non-hydrogen) atoms. The molecule has 2 aromatic carbocycles. The molecule has 1 saturated carbocycles. The fourth-order valence-corrected chi connectivity index (χ4v) is 14.0. The van der Waals surface area contributed by atoms with Crippen LogP contribution >= 0.6 is 18.9 Å². The number of unbranched alkanes of at least 4 members (excludes halogenated alkanes) is 1. The second kappa shape index (κ2) is 25.5. The van der Waals surface area contributed by atoms with Crippen molar-refractivity contribution in [3.8, 4) is 11.8 Å². The number of amides is 9. The maximum Gasteiger partial charge on any atom is 0.399 e. The highest BCUT2D eigenvalue weighted by atomic mass is 32.1. The van der Waals surface area contributed by atoms with E-state index in [-0.39, 0.29) is 79.1 Å². The van der Waals surface area contributed by atoms with Gasteiger partial charge >= 0.3 is 13.3 Å². The number of primary amides is 1. The van der Waals surface area contributed by atoms with Gasteiger partial charge in [-0.15, -0.1) is 11.3 Å². The lowest BCUT2D eigenvalue weighted by Gasteiger charge is -2.38. The highest BCUT2D eigenvalue weighted by molar-refractivity contribution is 7.52. The molecular weight excluding hydrogens is 1100 g/mol. The standard InChI is InChI=1S/C57H70F2N9O12PS/c1-65-26-25-38-16-18-44(68(38)55(76)42(32-65)62-53(74)46-30-36-29-37(15-20-45(36)82-46)57(58,59)81(78,79)80)52(73)61-41(17-21-47(60)69)50(71)64-49(35-11-6-3-7-12-35)56(77)66-27-23-33(24-28-66)9-4-2-5-10-34-13-8-14-39-40(34)31-67(54(39)75)43-19-22-48(70)63-51(43)72/h8,13-15,20,29-30,33,35,38,41-44,49H,2-4,6-7,9,11-12,16-19,21-28,31-32H2,1H3,(H2,60,69)(H,61,73)(H,62,74)(H,64,71)(H,63,70,72)(H2,78,79,80)/t38-,41+,42+,43?,44+,49+/m1/s1. The molecule has 0 spiro atoms. The smallest absolute Gasteiger partial charge is 0.370 e. The Balaban J connectivity index is 0.810. The van der Waals surface area contributed by atoms with E-state index in [1.54, 1.807) is 24.1 Å². The number of hydrogen-bond acceptors (Lipinski definition) is 12. The van der Waals surface area contributed by atoms with Crippen molar-refractivity contribution in [2.24, 2.45) is 17.6 Å². The van der Waals surface area contributed by atoms with E-state index in [1.165, 1.54) is 21.9 Å². The Kier molecular flexibility index (Phi) is 18.6. The average Bonchev–Trinajstić information content (AvgIpc) is 4.39. The highest BCUT2D eigenvalue weighted by Crippen LogP contribution is 2.59. The number of alkyl halides is 2. The van der Waals surface area contributed by atoms with Gasteiger partial charge in [-0.3, -0.25) is 53.0 Å². The predicted molar refractivity (Wildman–Crippen MR) is 296 cm³/mol. The third kappa shape index (κ3) is 13.4. The largest absolute Gasteiger partial charge is 0.399 e. The molecule has 21 nitrogen and oxygen atoms in total. The SMILES string of the molecule is CN1CC[C@H]2CC[C@@H](C(=O)N[C@@H](CCC(N)=O)C(=O)N[C@H](C(=O)N3CCC(CCCC#Cc4cccc5c4CN(C4CCC(=O)NC4=O)C5=O)CC3)C3CCCCC3)N2C(=O)[C@@H](NC(=O)c2cc3cc(C(F)(F)P(=O)(O)O)ccc3s2)C1. The molecule has 8 N–H and O–H groups in total. The number of imide groups is 1. The number of likely N-dealkylation sites (N-methyl/N-ethyl adjacent to an activating group) is 1. The molecule has 1 aromatic heterocycles. The number of rotatable bonds is 17. The first kappa shape index (κ1) is 60.0. The normalized spacial score (nSPS) is 23.0. The molecule has 440 valence electrons. The van der Waals surface area contributed by atoms with Crippen molar-refractivity contribution in [2.75, 3.05) is 33.2 Å². The van der Waals surface area contributed by atoms with Crippen LogP contribution in [0.2, 0.25) is 0 Å². The van der Waals surface area contributed by atoms with E-state index < -0.39 is 90.5 Å². The predicted octanol–water partition coefficient (Wildman–Crippen LogP) is 3.96. The third-order valence-electron chi connectivity index (χ3n) is 17.1. The van der Waals surface area contributed by atoms with Gasteiger partial charge in [0, 0.05) is 72.9 Å².